The van der Waals surface area contributed by atoms with Crippen molar-refractivity contribution < 1.29 is 13.2 Å². The molecule has 25 heavy (non-hydrogen) atoms. The summed E-state index contributed by atoms with van der Waals surface area (Å²) >= 11 is 0. The minimum atomic E-state index is -4.39. The van der Waals surface area contributed by atoms with Crippen molar-refractivity contribution in [3.05, 3.63) is 76.1 Å². The Labute approximate surface area is 141 Å². The zero-order valence-electron chi connectivity index (χ0n) is 13.2. The minimum absolute atomic E-state index is 0.155. The number of hydrogen-bond donors (Lipinski definition) is 2. The number of alkyl halides is 3. The number of halogens is 3. The van der Waals surface area contributed by atoms with E-state index >= 15 is 0 Å². The molecule has 0 saturated heterocycles. The van der Waals surface area contributed by atoms with E-state index in [9.17, 15) is 18.0 Å². The van der Waals surface area contributed by atoms with Crippen LogP contribution in [0.15, 0.2) is 59.4 Å². The van der Waals surface area contributed by atoms with Crippen LogP contribution in [0.25, 0.3) is 11.3 Å². The third-order valence-corrected chi connectivity index (χ3v) is 3.56. The molecule has 0 aliphatic heterocycles. The Kier molecular flexibility index (Phi) is 4.31. The van der Waals surface area contributed by atoms with E-state index in [4.69, 9.17) is 0 Å². The second kappa shape index (κ2) is 6.43. The number of benzene rings is 2. The van der Waals surface area contributed by atoms with Crippen LogP contribution in [0.2, 0.25) is 0 Å². The van der Waals surface area contributed by atoms with Crippen LogP contribution in [0, 0.1) is 6.92 Å². The van der Waals surface area contributed by atoms with Gasteiger partial charge in [-0.1, -0.05) is 29.8 Å². The third-order valence-electron chi connectivity index (χ3n) is 3.56. The first-order valence-electron chi connectivity index (χ1n) is 7.44. The number of aromatic nitrogens is 2. The van der Waals surface area contributed by atoms with E-state index in [0.717, 1.165) is 23.3 Å². The second-order valence-electron chi connectivity index (χ2n) is 5.55. The van der Waals surface area contributed by atoms with E-state index < -0.39 is 11.7 Å². The predicted octanol–water partition coefficient (Wildman–Crippen LogP) is 4.51. The predicted molar refractivity (Wildman–Crippen MR) is 89.8 cm³/mol. The minimum Gasteiger partial charge on any atom is -0.326 e. The Morgan fingerprint density at radius 3 is 2.24 bits per heavy atom. The molecule has 2 aromatic carbocycles. The summed E-state index contributed by atoms with van der Waals surface area (Å²) in [5, 5.41) is 2.81. The van der Waals surface area contributed by atoms with Crippen LogP contribution < -0.4 is 10.9 Å². The van der Waals surface area contributed by atoms with E-state index in [0.29, 0.717) is 11.4 Å². The maximum absolute atomic E-state index is 12.6. The van der Waals surface area contributed by atoms with Crippen LogP contribution in [-0.2, 0) is 6.18 Å². The molecule has 0 saturated carbocycles. The van der Waals surface area contributed by atoms with Crippen molar-refractivity contribution in [3.63, 3.8) is 0 Å². The Balaban J connectivity index is 1.88. The number of anilines is 2. The van der Waals surface area contributed by atoms with Crippen molar-refractivity contribution in [1.29, 1.82) is 0 Å². The van der Waals surface area contributed by atoms with Gasteiger partial charge in [-0.3, -0.25) is 9.78 Å². The molecule has 2 N–H and O–H groups in total. The molecular formula is C18H14F3N3O. The molecule has 0 fully saturated rings. The Hall–Kier alpha value is -3.09. The van der Waals surface area contributed by atoms with Crippen LogP contribution in [0.3, 0.4) is 0 Å². The monoisotopic (exact) mass is 345 g/mol. The number of aromatic amines is 1. The summed E-state index contributed by atoms with van der Waals surface area (Å²) in [4.78, 5) is 18.7. The summed E-state index contributed by atoms with van der Waals surface area (Å²) in [7, 11) is 0. The number of nitrogens with zero attached hydrogens (tertiary/aromatic N) is 1. The maximum atomic E-state index is 12.6. The molecule has 0 atom stereocenters. The zero-order chi connectivity index (χ0) is 18.0. The van der Waals surface area contributed by atoms with Gasteiger partial charge in [-0.15, -0.1) is 0 Å². The van der Waals surface area contributed by atoms with Gasteiger partial charge < -0.3 is 5.32 Å². The molecule has 1 aromatic heterocycles. The molecule has 0 aliphatic rings. The molecule has 0 aliphatic carbocycles. The summed E-state index contributed by atoms with van der Waals surface area (Å²) in [6.07, 6.45) is -4.39. The Morgan fingerprint density at radius 2 is 1.64 bits per heavy atom. The summed E-state index contributed by atoms with van der Waals surface area (Å²) in [6, 6.07) is 13.3. The number of rotatable bonds is 3. The highest BCUT2D eigenvalue weighted by Crippen LogP contribution is 2.30. The van der Waals surface area contributed by atoms with Crippen LogP contribution in [0.5, 0.6) is 0 Å². The van der Waals surface area contributed by atoms with Gasteiger partial charge in [0.15, 0.2) is 0 Å². The van der Waals surface area contributed by atoms with Gasteiger partial charge in [0.25, 0.3) is 5.56 Å². The van der Waals surface area contributed by atoms with Gasteiger partial charge in [-0.25, -0.2) is 4.98 Å². The van der Waals surface area contributed by atoms with Gasteiger partial charge in [0.1, 0.15) is 0 Å². The van der Waals surface area contributed by atoms with Crippen molar-refractivity contribution in [2.45, 2.75) is 13.1 Å². The molecule has 128 valence electrons. The quantitative estimate of drug-likeness (QED) is 0.734. The van der Waals surface area contributed by atoms with Gasteiger partial charge >= 0.3 is 6.18 Å². The van der Waals surface area contributed by atoms with Crippen LogP contribution >= 0.6 is 0 Å². The van der Waals surface area contributed by atoms with Gasteiger partial charge in [-0.05, 0) is 31.2 Å². The second-order valence-corrected chi connectivity index (χ2v) is 5.55. The fraction of sp³-hybridized carbons (Fsp3) is 0.111. The van der Waals surface area contributed by atoms with Crippen LogP contribution in [0.4, 0.5) is 24.8 Å². The molecule has 3 aromatic rings. The summed E-state index contributed by atoms with van der Waals surface area (Å²) in [6.45, 7) is 1.95. The summed E-state index contributed by atoms with van der Waals surface area (Å²) in [5.41, 5.74) is 1.60. The summed E-state index contributed by atoms with van der Waals surface area (Å²) in [5.74, 6) is 0.155. The van der Waals surface area contributed by atoms with Crippen LogP contribution in [-0.4, -0.2) is 9.97 Å². The normalized spacial score (nSPS) is 11.4. The molecule has 7 heteroatoms. The first kappa shape index (κ1) is 16.8. The van der Waals surface area contributed by atoms with E-state index in [1.807, 2.05) is 31.2 Å². The fourth-order valence-corrected chi connectivity index (χ4v) is 2.27. The standard InChI is InChI=1S/C18H14F3N3O/c1-11-2-4-12(5-3-11)15-10-16(25)24-17(23-15)22-14-8-6-13(7-9-14)18(19,20)21/h2-10H,1H3,(H2,22,23,24,25). The van der Waals surface area contributed by atoms with Crippen molar-refractivity contribution >= 4 is 11.6 Å². The van der Waals surface area contributed by atoms with Crippen LogP contribution in [0.1, 0.15) is 11.1 Å². The lowest BCUT2D eigenvalue weighted by Gasteiger charge is -2.10. The van der Waals surface area contributed by atoms with E-state index in [1.54, 1.807) is 0 Å². The largest absolute Gasteiger partial charge is 0.416 e. The number of aryl methyl sites for hydroxylation is 1. The lowest BCUT2D eigenvalue weighted by atomic mass is 10.1. The number of H-pyrrole nitrogens is 1. The van der Waals surface area contributed by atoms with E-state index in [1.165, 1.54) is 18.2 Å². The number of nitrogens with one attached hydrogen (secondary N) is 2. The van der Waals surface area contributed by atoms with E-state index in [-0.39, 0.29) is 11.5 Å². The first-order chi connectivity index (χ1) is 11.8. The van der Waals surface area contributed by atoms with Crippen molar-refractivity contribution in [2.75, 3.05) is 5.32 Å². The molecule has 1 heterocycles. The summed E-state index contributed by atoms with van der Waals surface area (Å²) < 4.78 is 37.8. The van der Waals surface area contributed by atoms with Crippen molar-refractivity contribution in [3.8, 4) is 11.3 Å². The lowest BCUT2D eigenvalue weighted by molar-refractivity contribution is -0.137. The Bertz CT molecular complexity index is 930. The SMILES string of the molecule is Cc1ccc(-c2cc(=O)[nH]c(Nc3ccc(C(F)(F)F)cc3)n2)cc1. The van der Waals surface area contributed by atoms with Crippen molar-refractivity contribution in [1.82, 2.24) is 9.97 Å². The number of hydrogen-bond acceptors (Lipinski definition) is 3. The van der Waals surface area contributed by atoms with Crippen molar-refractivity contribution in [2.24, 2.45) is 0 Å². The van der Waals surface area contributed by atoms with Gasteiger partial charge in [-0.2, -0.15) is 13.2 Å². The first-order valence-corrected chi connectivity index (χ1v) is 7.44. The fourth-order valence-electron chi connectivity index (χ4n) is 2.27. The zero-order valence-corrected chi connectivity index (χ0v) is 13.2. The molecule has 3 rings (SSSR count). The molecule has 0 bridgehead atoms. The average Bonchev–Trinajstić information content (AvgIpc) is 2.54. The third kappa shape index (κ3) is 4.06. The Morgan fingerprint density at radius 1 is 1.00 bits per heavy atom. The van der Waals surface area contributed by atoms with Gasteiger partial charge in [0.2, 0.25) is 5.95 Å². The highest BCUT2D eigenvalue weighted by molar-refractivity contribution is 5.62. The van der Waals surface area contributed by atoms with Gasteiger partial charge in [0, 0.05) is 17.3 Å². The highest BCUT2D eigenvalue weighted by atomic mass is 19.4. The molecule has 0 unspecified atom stereocenters. The highest BCUT2D eigenvalue weighted by Gasteiger charge is 2.29. The van der Waals surface area contributed by atoms with Gasteiger partial charge in [0.05, 0.1) is 11.3 Å². The maximum Gasteiger partial charge on any atom is 0.416 e. The smallest absolute Gasteiger partial charge is 0.326 e. The topological polar surface area (TPSA) is 57.8 Å². The molecular weight excluding hydrogens is 331 g/mol. The molecule has 0 radical (unpaired) electrons. The molecule has 0 amide bonds. The molecule has 4 nitrogen and oxygen atoms in total. The lowest BCUT2D eigenvalue weighted by Crippen LogP contribution is -2.10. The molecule has 0 spiro atoms. The van der Waals surface area contributed by atoms with E-state index in [2.05, 4.69) is 15.3 Å². The average molecular weight is 345 g/mol.